The third kappa shape index (κ3) is 15.1. The van der Waals surface area contributed by atoms with Crippen LogP contribution in [0, 0.1) is 5.92 Å². The van der Waals surface area contributed by atoms with E-state index in [1.165, 1.54) is 23.1 Å². The van der Waals surface area contributed by atoms with Gasteiger partial charge in [-0.2, -0.15) is 0 Å². The Kier molecular flexibility index (Phi) is 20.2. The molecule has 26 heteroatoms. The Labute approximate surface area is 539 Å². The number of carboxylic acid groups (broad SMARTS) is 1. The number of likely N-dealkylation sites (tertiary alicyclic amines) is 1. The molecule has 0 radical (unpaired) electrons. The third-order valence-electron chi connectivity index (χ3n) is 16.7. The average Bonchev–Trinajstić information content (AvgIpc) is 1.64. The topological polar surface area (TPSA) is 343 Å². The molecule has 8 atom stereocenters. The smallest absolute Gasteiger partial charge is 0.411 e. The minimum atomic E-state index is -1.99. The van der Waals surface area contributed by atoms with Crippen molar-refractivity contribution >= 4 is 93.8 Å². The summed E-state index contributed by atoms with van der Waals surface area (Å²) in [5.41, 5.74) is 6.11. The van der Waals surface area contributed by atoms with Gasteiger partial charge < -0.3 is 69.3 Å². The number of ether oxygens (including phenoxy) is 6. The SMILES string of the molecule is COc1ccc(C2=CN3C(=O)c4ccc(OCCCOc5ccc6c(c5)N=C[C@@H]5CC(c7cccc(NC(=O)OCc8ccc(O[C@@H]9OC(C(=O)O)[C@@H](O)C(O)[C@@H]9O)c(NC(=O)CCNC(=O)CCCCCN9C(=O)CC(C)C9=O)c8)c7)=CN5C6=O)cc4N=C[C@@H]3C2)cc1. The van der Waals surface area contributed by atoms with Crippen LogP contribution in [0.15, 0.2) is 126 Å². The van der Waals surface area contributed by atoms with Gasteiger partial charge in [-0.05, 0) is 101 Å². The van der Waals surface area contributed by atoms with E-state index >= 15 is 0 Å². The lowest BCUT2D eigenvalue weighted by atomic mass is 9.99. The molecule has 490 valence electrons. The molecule has 0 saturated carbocycles. The predicted molar refractivity (Wildman–Crippen MR) is 340 cm³/mol. The van der Waals surface area contributed by atoms with E-state index < -0.39 is 54.7 Å². The van der Waals surface area contributed by atoms with E-state index in [0.717, 1.165) is 28.0 Å². The van der Waals surface area contributed by atoms with Crippen molar-refractivity contribution < 1.29 is 87.2 Å². The first kappa shape index (κ1) is 65.2. The molecule has 7 amide bonds. The first-order chi connectivity index (χ1) is 45.4. The van der Waals surface area contributed by atoms with Crippen LogP contribution in [0.2, 0.25) is 0 Å². The van der Waals surface area contributed by atoms with Gasteiger partial charge in [0.15, 0.2) is 6.10 Å². The fraction of sp³-hybridized carbons (Fsp3) is 0.353. The molecule has 11 rings (SSSR count). The van der Waals surface area contributed by atoms with Gasteiger partial charge in [-0.3, -0.25) is 49.0 Å². The number of carbonyl (C=O) groups excluding carboxylic acids is 7. The molecule has 0 spiro atoms. The van der Waals surface area contributed by atoms with Gasteiger partial charge in [-0.15, -0.1) is 0 Å². The summed E-state index contributed by atoms with van der Waals surface area (Å²) in [5.74, 6) is -2.00. The third-order valence-corrected chi connectivity index (χ3v) is 16.7. The van der Waals surface area contributed by atoms with Crippen LogP contribution in [0.5, 0.6) is 23.0 Å². The van der Waals surface area contributed by atoms with Gasteiger partial charge in [-0.25, -0.2) is 9.59 Å². The highest BCUT2D eigenvalue weighted by Gasteiger charge is 2.48. The Morgan fingerprint density at radius 3 is 1.94 bits per heavy atom. The molecule has 6 aliphatic heterocycles. The van der Waals surface area contributed by atoms with Gasteiger partial charge in [0.1, 0.15) is 47.9 Å². The number of hydrogen-bond donors (Lipinski definition) is 7. The Morgan fingerprint density at radius 1 is 0.660 bits per heavy atom. The number of carbonyl (C=O) groups is 8. The lowest BCUT2D eigenvalue weighted by Crippen LogP contribution is -2.61. The van der Waals surface area contributed by atoms with Crippen molar-refractivity contribution in [1.29, 1.82) is 0 Å². The van der Waals surface area contributed by atoms with Crippen LogP contribution in [0.4, 0.5) is 27.5 Å². The minimum absolute atomic E-state index is 0.0501. The molecule has 94 heavy (non-hydrogen) atoms. The number of amides is 7. The van der Waals surface area contributed by atoms with Gasteiger partial charge in [0, 0.05) is 100 Å². The van der Waals surface area contributed by atoms with E-state index in [1.54, 1.807) is 97.1 Å². The number of benzene rings is 5. The first-order valence-electron chi connectivity index (χ1n) is 30.9. The summed E-state index contributed by atoms with van der Waals surface area (Å²) in [7, 11) is 1.62. The standard InChI is InChI=1S/C68H70N8O18/c1-38-26-58(79)74(63(38)83)23-5-3-4-10-56(77)69-22-21-57(78)73-54-27-39(11-20-55(54)93-67-61(82)59(80)60(81)62(94-67)66(86)87)37-92-68(88)72-44-9-6-8-41(28-44)43-30-46-34-71-53-32-49(17-19-51(53)65(85)76(46)36-43)91-25-7-24-90-48-16-18-50-52(31-48)70-33-45-29-42(35-75(45)64(50)84)40-12-14-47(89-2)15-13-40/h6,8-9,11-20,27-28,31-36,38,45-46,59-62,67,80-82H,3-5,7,10,21-26,29-30,37H2,1-2H3,(H,69,77)(H,72,88)(H,73,78)(H,86,87)/t38?,45-,46-,59?,60-,61-,62?,67+/m0/s1. The fourth-order valence-electron chi connectivity index (χ4n) is 11.6. The van der Waals surface area contributed by atoms with Crippen molar-refractivity contribution in [1.82, 2.24) is 20.0 Å². The van der Waals surface area contributed by atoms with Crippen LogP contribution in [0.25, 0.3) is 11.1 Å². The highest BCUT2D eigenvalue weighted by molar-refractivity contribution is 6.06. The van der Waals surface area contributed by atoms with E-state index in [4.69, 9.17) is 33.4 Å². The molecular weight excluding hydrogens is 1220 g/mol. The van der Waals surface area contributed by atoms with Crippen molar-refractivity contribution in [3.8, 4) is 23.0 Å². The maximum absolute atomic E-state index is 14.0. The normalized spacial score (nSPS) is 21.8. The van der Waals surface area contributed by atoms with E-state index in [1.807, 2.05) is 36.5 Å². The number of nitrogens with zero attached hydrogens (tertiary/aromatic N) is 5. The number of rotatable bonds is 25. The van der Waals surface area contributed by atoms with Gasteiger partial charge in [0.05, 0.1) is 60.6 Å². The number of unbranched alkanes of at least 4 members (excludes halogenated alkanes) is 2. The number of aliphatic imine (C=N–C) groups is 2. The maximum atomic E-state index is 14.0. The van der Waals surface area contributed by atoms with Crippen LogP contribution in [-0.4, -0.2) is 171 Å². The predicted octanol–water partition coefficient (Wildman–Crippen LogP) is 6.91. The number of fused-ring (bicyclic) bond motifs is 4. The molecular formula is C68H70N8O18. The molecule has 26 nitrogen and oxygen atoms in total. The zero-order chi connectivity index (χ0) is 66.2. The second-order valence-corrected chi connectivity index (χ2v) is 23.4. The quantitative estimate of drug-likeness (QED) is 0.0230. The number of nitrogens with one attached hydrogen (secondary N) is 3. The summed E-state index contributed by atoms with van der Waals surface area (Å²) in [6, 6.07) is 28.7. The van der Waals surface area contributed by atoms with Gasteiger partial charge in [-0.1, -0.05) is 43.7 Å². The number of anilines is 2. The van der Waals surface area contributed by atoms with Crippen molar-refractivity contribution in [2.75, 3.05) is 44.0 Å². The summed E-state index contributed by atoms with van der Waals surface area (Å²) in [5, 5.41) is 49.0. The second-order valence-electron chi connectivity index (χ2n) is 23.4. The number of aliphatic carboxylic acids is 1. The molecule has 2 saturated heterocycles. The monoisotopic (exact) mass is 1290 g/mol. The number of methoxy groups -OCH3 is 1. The Bertz CT molecular complexity index is 3890. The zero-order valence-corrected chi connectivity index (χ0v) is 51.4. The van der Waals surface area contributed by atoms with Crippen LogP contribution in [0.1, 0.15) is 102 Å². The van der Waals surface area contributed by atoms with Crippen molar-refractivity contribution in [3.63, 3.8) is 0 Å². The van der Waals surface area contributed by atoms with E-state index in [-0.39, 0.29) is 91.9 Å². The molecule has 7 N–H and O–H groups in total. The van der Waals surface area contributed by atoms with Crippen LogP contribution in [-0.2, 0) is 40.1 Å². The van der Waals surface area contributed by atoms with Gasteiger partial charge >= 0.3 is 12.1 Å². The van der Waals surface area contributed by atoms with Crippen LogP contribution >= 0.6 is 0 Å². The van der Waals surface area contributed by atoms with Crippen molar-refractivity contribution in [3.05, 3.63) is 143 Å². The van der Waals surface area contributed by atoms with Gasteiger partial charge in [0.2, 0.25) is 29.9 Å². The molecule has 0 aliphatic carbocycles. The Morgan fingerprint density at radius 2 is 1.31 bits per heavy atom. The Hall–Kier alpha value is -10.3. The van der Waals surface area contributed by atoms with E-state index in [9.17, 15) is 58.8 Å². The van der Waals surface area contributed by atoms with Crippen LogP contribution in [0.3, 0.4) is 0 Å². The molecule has 6 aliphatic rings. The zero-order valence-electron chi connectivity index (χ0n) is 51.4. The molecule has 6 heterocycles. The second kappa shape index (κ2) is 29.1. The molecule has 3 unspecified atom stereocenters. The van der Waals surface area contributed by atoms with Crippen LogP contribution < -0.4 is 34.9 Å². The lowest BCUT2D eigenvalue weighted by Gasteiger charge is -2.38. The van der Waals surface area contributed by atoms with Crippen molar-refractivity contribution in [2.24, 2.45) is 15.9 Å². The highest BCUT2D eigenvalue weighted by atomic mass is 16.7. The number of imide groups is 1. The maximum Gasteiger partial charge on any atom is 0.411 e. The summed E-state index contributed by atoms with van der Waals surface area (Å²) in [6.45, 7) is 2.23. The summed E-state index contributed by atoms with van der Waals surface area (Å²) in [4.78, 5) is 117. The molecule has 2 fully saturated rings. The average molecular weight is 1290 g/mol. The molecule has 0 bridgehead atoms. The minimum Gasteiger partial charge on any atom is -0.497 e. The largest absolute Gasteiger partial charge is 0.497 e. The first-order valence-corrected chi connectivity index (χ1v) is 30.9. The molecule has 5 aromatic rings. The summed E-state index contributed by atoms with van der Waals surface area (Å²) >= 11 is 0. The summed E-state index contributed by atoms with van der Waals surface area (Å²) < 4.78 is 34.0. The Balaban J connectivity index is 0.646. The lowest BCUT2D eigenvalue weighted by molar-refractivity contribution is -0.271. The van der Waals surface area contributed by atoms with Gasteiger partial charge in [0.25, 0.3) is 11.8 Å². The van der Waals surface area contributed by atoms with Crippen molar-refractivity contribution in [2.45, 2.75) is 114 Å². The number of hydrogen-bond acceptors (Lipinski definition) is 19. The number of aliphatic hydroxyl groups excluding tert-OH is 3. The van der Waals surface area contributed by atoms with E-state index in [2.05, 4.69) is 20.9 Å². The molecule has 0 aromatic heterocycles. The number of carboxylic acids is 1. The molecule has 5 aromatic carbocycles. The fourth-order valence-corrected chi connectivity index (χ4v) is 11.6. The highest BCUT2D eigenvalue weighted by Crippen LogP contribution is 2.39. The number of aliphatic hydroxyl groups is 3. The van der Waals surface area contributed by atoms with E-state index in [0.29, 0.717) is 97.0 Å². The summed E-state index contributed by atoms with van der Waals surface area (Å²) in [6.07, 6.45) is -0.0529.